The summed E-state index contributed by atoms with van der Waals surface area (Å²) in [5.74, 6) is 0.0650. The van der Waals surface area contributed by atoms with Crippen molar-refractivity contribution in [2.24, 2.45) is 0 Å². The third-order valence-corrected chi connectivity index (χ3v) is 4.64. The first-order valence-electron chi connectivity index (χ1n) is 8.71. The summed E-state index contributed by atoms with van der Waals surface area (Å²) in [4.78, 5) is 25.3. The van der Waals surface area contributed by atoms with Gasteiger partial charge in [0, 0.05) is 25.2 Å². The summed E-state index contributed by atoms with van der Waals surface area (Å²) in [5.41, 5.74) is 1.78. The van der Waals surface area contributed by atoms with Crippen molar-refractivity contribution in [1.82, 2.24) is 14.7 Å². The molecular formula is C19H23N3O4. The standard InChI is InChI=1S/C19H23N3O4/c1-26-16-6-2-4-14(10-16)11-18(23)21-8-3-5-15(12-21)17-7-9-22(20-17)13-19(24)25/h2,4,6-7,9-10,15H,3,5,8,11-13H2,1H3,(H,24,25)/t15-/m0/s1. The predicted molar refractivity (Wildman–Crippen MR) is 95.1 cm³/mol. The maximum atomic E-state index is 12.7. The van der Waals surface area contributed by atoms with Crippen molar-refractivity contribution < 1.29 is 19.4 Å². The normalized spacial score (nSPS) is 17.1. The minimum absolute atomic E-state index is 0.0907. The molecule has 7 nitrogen and oxygen atoms in total. The molecular weight excluding hydrogens is 334 g/mol. The number of hydrogen-bond acceptors (Lipinski definition) is 4. The number of ether oxygens (including phenoxy) is 1. The fraction of sp³-hybridized carbons (Fsp3) is 0.421. The molecule has 1 amide bonds. The lowest BCUT2D eigenvalue weighted by atomic mass is 9.94. The van der Waals surface area contributed by atoms with Crippen LogP contribution in [-0.4, -0.2) is 51.9 Å². The van der Waals surface area contributed by atoms with Crippen molar-refractivity contribution >= 4 is 11.9 Å². The molecule has 0 radical (unpaired) electrons. The molecule has 0 bridgehead atoms. The number of nitrogens with zero attached hydrogens (tertiary/aromatic N) is 3. The molecule has 1 N–H and O–H groups in total. The van der Waals surface area contributed by atoms with Crippen molar-refractivity contribution in [3.63, 3.8) is 0 Å². The zero-order chi connectivity index (χ0) is 18.5. The zero-order valence-corrected chi connectivity index (χ0v) is 14.8. The highest BCUT2D eigenvalue weighted by Crippen LogP contribution is 2.26. The lowest BCUT2D eigenvalue weighted by Gasteiger charge is -2.32. The Morgan fingerprint density at radius 2 is 2.19 bits per heavy atom. The molecule has 2 aromatic rings. The van der Waals surface area contributed by atoms with Crippen LogP contribution >= 0.6 is 0 Å². The monoisotopic (exact) mass is 357 g/mol. The molecule has 138 valence electrons. The van der Waals surface area contributed by atoms with Crippen molar-refractivity contribution in [3.05, 3.63) is 47.8 Å². The number of likely N-dealkylation sites (tertiary alicyclic amines) is 1. The Balaban J connectivity index is 1.63. The second-order valence-electron chi connectivity index (χ2n) is 6.54. The van der Waals surface area contributed by atoms with E-state index in [2.05, 4.69) is 5.10 Å². The molecule has 1 aliphatic rings. The van der Waals surface area contributed by atoms with E-state index in [1.165, 1.54) is 4.68 Å². The van der Waals surface area contributed by atoms with Gasteiger partial charge in [-0.3, -0.25) is 14.3 Å². The molecule has 0 spiro atoms. The first-order chi connectivity index (χ1) is 12.5. The van der Waals surface area contributed by atoms with Gasteiger partial charge in [0.15, 0.2) is 0 Å². The van der Waals surface area contributed by atoms with Gasteiger partial charge in [-0.2, -0.15) is 5.10 Å². The van der Waals surface area contributed by atoms with Crippen LogP contribution in [-0.2, 0) is 22.6 Å². The number of carboxylic acid groups (broad SMARTS) is 1. The van der Waals surface area contributed by atoms with Crippen molar-refractivity contribution in [2.45, 2.75) is 31.7 Å². The molecule has 0 saturated carbocycles. The minimum Gasteiger partial charge on any atom is -0.497 e. The Labute approximate surface area is 152 Å². The number of rotatable bonds is 6. The number of piperidine rings is 1. The van der Waals surface area contributed by atoms with E-state index in [0.717, 1.165) is 36.4 Å². The van der Waals surface area contributed by atoms with Crippen LogP contribution in [0.4, 0.5) is 0 Å². The molecule has 0 unspecified atom stereocenters. The van der Waals surface area contributed by atoms with Gasteiger partial charge in [0.1, 0.15) is 12.3 Å². The maximum absolute atomic E-state index is 12.7. The molecule has 1 atom stereocenters. The van der Waals surface area contributed by atoms with Crippen LogP contribution in [0.3, 0.4) is 0 Å². The largest absolute Gasteiger partial charge is 0.497 e. The first kappa shape index (κ1) is 18.0. The van der Waals surface area contributed by atoms with E-state index in [0.29, 0.717) is 13.0 Å². The van der Waals surface area contributed by atoms with Crippen molar-refractivity contribution in [2.75, 3.05) is 20.2 Å². The molecule has 3 rings (SSSR count). The van der Waals surface area contributed by atoms with Crippen LogP contribution < -0.4 is 4.74 Å². The fourth-order valence-electron chi connectivity index (χ4n) is 3.34. The summed E-state index contributed by atoms with van der Waals surface area (Å²) in [6.45, 7) is 1.22. The van der Waals surface area contributed by atoms with Gasteiger partial charge in [0.25, 0.3) is 0 Å². The first-order valence-corrected chi connectivity index (χ1v) is 8.71. The number of aliphatic carboxylic acids is 1. The van der Waals surface area contributed by atoms with E-state index < -0.39 is 5.97 Å². The molecule has 26 heavy (non-hydrogen) atoms. The summed E-state index contributed by atoms with van der Waals surface area (Å²) in [5, 5.41) is 13.2. The van der Waals surface area contributed by atoms with Crippen molar-refractivity contribution in [3.8, 4) is 5.75 Å². The maximum Gasteiger partial charge on any atom is 0.325 e. The molecule has 7 heteroatoms. The molecule has 0 aliphatic carbocycles. The molecule has 1 aromatic carbocycles. The third kappa shape index (κ3) is 4.41. The fourth-order valence-corrected chi connectivity index (χ4v) is 3.34. The van der Waals surface area contributed by atoms with Gasteiger partial charge in [-0.15, -0.1) is 0 Å². The average Bonchev–Trinajstić information content (AvgIpc) is 3.09. The van der Waals surface area contributed by atoms with E-state index in [4.69, 9.17) is 9.84 Å². The SMILES string of the molecule is COc1cccc(CC(=O)N2CCC[C@H](c3ccn(CC(=O)O)n3)C2)c1. The lowest BCUT2D eigenvalue weighted by Crippen LogP contribution is -2.40. The topological polar surface area (TPSA) is 84.7 Å². The summed E-state index contributed by atoms with van der Waals surface area (Å²) in [6, 6.07) is 9.40. The molecule has 1 saturated heterocycles. The average molecular weight is 357 g/mol. The van der Waals surface area contributed by atoms with Gasteiger partial charge in [-0.05, 0) is 36.6 Å². The van der Waals surface area contributed by atoms with Crippen LogP contribution in [0.25, 0.3) is 0 Å². The second-order valence-corrected chi connectivity index (χ2v) is 6.54. The highest BCUT2D eigenvalue weighted by molar-refractivity contribution is 5.79. The number of hydrogen-bond donors (Lipinski definition) is 1. The van der Waals surface area contributed by atoms with E-state index >= 15 is 0 Å². The van der Waals surface area contributed by atoms with Gasteiger partial charge >= 0.3 is 5.97 Å². The summed E-state index contributed by atoms with van der Waals surface area (Å²) < 4.78 is 6.63. The third-order valence-electron chi connectivity index (χ3n) is 4.64. The van der Waals surface area contributed by atoms with Gasteiger partial charge in [0.05, 0.1) is 19.2 Å². The highest BCUT2D eigenvalue weighted by Gasteiger charge is 2.26. The van der Waals surface area contributed by atoms with E-state index in [1.54, 1.807) is 13.3 Å². The van der Waals surface area contributed by atoms with Crippen LogP contribution in [0, 0.1) is 0 Å². The Morgan fingerprint density at radius 1 is 1.35 bits per heavy atom. The van der Waals surface area contributed by atoms with Crippen molar-refractivity contribution in [1.29, 1.82) is 0 Å². The summed E-state index contributed by atoms with van der Waals surface area (Å²) >= 11 is 0. The number of amides is 1. The van der Waals surface area contributed by atoms with Gasteiger partial charge < -0.3 is 14.7 Å². The van der Waals surface area contributed by atoms with Crippen LogP contribution in [0.1, 0.15) is 30.0 Å². The number of carboxylic acids is 1. The quantitative estimate of drug-likeness (QED) is 0.854. The van der Waals surface area contributed by atoms with Gasteiger partial charge in [0.2, 0.25) is 5.91 Å². The minimum atomic E-state index is -0.918. The Bertz CT molecular complexity index is 787. The zero-order valence-electron chi connectivity index (χ0n) is 14.8. The second kappa shape index (κ2) is 8.03. The molecule has 1 aliphatic heterocycles. The number of carbonyl (C=O) groups excluding carboxylic acids is 1. The number of benzene rings is 1. The van der Waals surface area contributed by atoms with E-state index in [9.17, 15) is 9.59 Å². The number of aromatic nitrogens is 2. The van der Waals surface area contributed by atoms with Crippen LogP contribution in [0.2, 0.25) is 0 Å². The van der Waals surface area contributed by atoms with E-state index in [1.807, 2.05) is 35.2 Å². The lowest BCUT2D eigenvalue weighted by molar-refractivity contribution is -0.138. The van der Waals surface area contributed by atoms with E-state index in [-0.39, 0.29) is 18.4 Å². The molecule has 1 aromatic heterocycles. The summed E-state index contributed by atoms with van der Waals surface area (Å²) in [7, 11) is 1.61. The number of carbonyl (C=O) groups is 2. The highest BCUT2D eigenvalue weighted by atomic mass is 16.5. The Hall–Kier alpha value is -2.83. The molecule has 2 heterocycles. The molecule has 1 fully saturated rings. The van der Waals surface area contributed by atoms with Gasteiger partial charge in [-0.1, -0.05) is 12.1 Å². The van der Waals surface area contributed by atoms with Crippen LogP contribution in [0.15, 0.2) is 36.5 Å². The Kier molecular flexibility index (Phi) is 5.55. The Morgan fingerprint density at radius 3 is 2.96 bits per heavy atom. The summed E-state index contributed by atoms with van der Waals surface area (Å²) in [6.07, 6.45) is 3.89. The van der Waals surface area contributed by atoms with Gasteiger partial charge in [-0.25, -0.2) is 0 Å². The van der Waals surface area contributed by atoms with Crippen LogP contribution in [0.5, 0.6) is 5.75 Å². The smallest absolute Gasteiger partial charge is 0.325 e. The predicted octanol–water partition coefficient (Wildman–Crippen LogP) is 1.92. The number of methoxy groups -OCH3 is 1.